The van der Waals surface area contributed by atoms with Gasteiger partial charge in [0.1, 0.15) is 0 Å². The van der Waals surface area contributed by atoms with E-state index in [0.717, 1.165) is 51.4 Å². The van der Waals surface area contributed by atoms with Gasteiger partial charge >= 0.3 is 5.97 Å². The van der Waals surface area contributed by atoms with Gasteiger partial charge in [-0.2, -0.15) is 0 Å². The Labute approximate surface area is 205 Å². The molecule has 1 saturated carbocycles. The Balaban J connectivity index is 2.80. The topological polar surface area (TPSA) is 55.8 Å². The lowest BCUT2D eigenvalue weighted by atomic mass is 9.87. The first kappa shape index (κ1) is 30.1. The number of methoxy groups -OCH3 is 1. The van der Waals surface area contributed by atoms with E-state index in [2.05, 4.69) is 53.4 Å². The molecule has 5 heteroatoms. The van der Waals surface area contributed by atoms with Crippen LogP contribution in [-0.4, -0.2) is 38.7 Å². The molecular formula is C28H52O4Si. The number of carbonyl (C=O) groups excluding carboxylic acids is 1. The number of unbranched alkanes of at least 4 members (excludes halogenated alkanes) is 5. The van der Waals surface area contributed by atoms with Crippen LogP contribution in [-0.2, 0) is 14.0 Å². The van der Waals surface area contributed by atoms with Crippen molar-refractivity contribution in [3.63, 3.8) is 0 Å². The molecule has 1 rings (SSSR count). The molecule has 33 heavy (non-hydrogen) atoms. The van der Waals surface area contributed by atoms with Crippen molar-refractivity contribution in [1.29, 1.82) is 0 Å². The largest absolute Gasteiger partial charge is 0.469 e. The number of carbonyl (C=O) groups is 1. The number of esters is 1. The summed E-state index contributed by atoms with van der Waals surface area (Å²) in [7, 11) is -0.449. The lowest BCUT2D eigenvalue weighted by molar-refractivity contribution is -0.140. The molecule has 4 nitrogen and oxygen atoms in total. The molecular weight excluding hydrogens is 428 g/mol. The number of rotatable bonds is 15. The normalized spacial score (nSPS) is 22.8. The number of aliphatic hydroxyl groups is 1. The van der Waals surface area contributed by atoms with Gasteiger partial charge < -0.3 is 14.3 Å². The molecule has 0 radical (unpaired) electrons. The zero-order chi connectivity index (χ0) is 25.1. The zero-order valence-corrected chi connectivity index (χ0v) is 23.6. The summed E-state index contributed by atoms with van der Waals surface area (Å²) < 4.78 is 11.6. The van der Waals surface area contributed by atoms with Gasteiger partial charge in [0.2, 0.25) is 0 Å². The number of ether oxygens (including phenoxy) is 1. The minimum Gasteiger partial charge on any atom is -0.469 e. The Morgan fingerprint density at radius 1 is 1.18 bits per heavy atom. The van der Waals surface area contributed by atoms with Gasteiger partial charge in [0.05, 0.1) is 19.3 Å². The fourth-order valence-electron chi connectivity index (χ4n) is 4.45. The molecule has 0 aromatic rings. The van der Waals surface area contributed by atoms with Crippen molar-refractivity contribution in [2.75, 3.05) is 7.11 Å². The van der Waals surface area contributed by atoms with Crippen LogP contribution in [0.5, 0.6) is 0 Å². The van der Waals surface area contributed by atoms with Crippen molar-refractivity contribution in [2.45, 2.75) is 129 Å². The van der Waals surface area contributed by atoms with Gasteiger partial charge in [-0.15, -0.1) is 0 Å². The van der Waals surface area contributed by atoms with Crippen LogP contribution < -0.4 is 0 Å². The van der Waals surface area contributed by atoms with Crippen LogP contribution >= 0.6 is 0 Å². The van der Waals surface area contributed by atoms with E-state index in [1.54, 1.807) is 0 Å². The van der Waals surface area contributed by atoms with E-state index < -0.39 is 8.32 Å². The quantitative estimate of drug-likeness (QED) is 0.114. The van der Waals surface area contributed by atoms with Crippen molar-refractivity contribution in [1.82, 2.24) is 0 Å². The van der Waals surface area contributed by atoms with Crippen molar-refractivity contribution in [2.24, 2.45) is 11.8 Å². The molecule has 4 atom stereocenters. The Morgan fingerprint density at radius 2 is 1.85 bits per heavy atom. The third kappa shape index (κ3) is 10.5. The second kappa shape index (κ2) is 14.5. The van der Waals surface area contributed by atoms with E-state index in [1.807, 2.05) is 6.08 Å². The highest BCUT2D eigenvalue weighted by molar-refractivity contribution is 6.74. The van der Waals surface area contributed by atoms with E-state index in [4.69, 9.17) is 9.16 Å². The average molecular weight is 481 g/mol. The maximum atomic E-state index is 11.3. The number of hydrogen-bond donors (Lipinski definition) is 1. The minimum atomic E-state index is -1.90. The lowest BCUT2D eigenvalue weighted by Gasteiger charge is -2.40. The van der Waals surface area contributed by atoms with Gasteiger partial charge in [0, 0.05) is 12.3 Å². The zero-order valence-electron chi connectivity index (χ0n) is 22.6. The first-order valence-electron chi connectivity index (χ1n) is 13.2. The number of aliphatic hydroxyl groups excluding tert-OH is 1. The Hall–Kier alpha value is -0.913. The Kier molecular flexibility index (Phi) is 13.2. The third-order valence-electron chi connectivity index (χ3n) is 7.67. The van der Waals surface area contributed by atoms with Crippen LogP contribution in [0.25, 0.3) is 0 Å². The van der Waals surface area contributed by atoms with E-state index >= 15 is 0 Å². The van der Waals surface area contributed by atoms with E-state index in [1.165, 1.54) is 25.5 Å². The summed E-state index contributed by atoms with van der Waals surface area (Å²) in [6.07, 6.45) is 15.0. The molecule has 0 bridgehead atoms. The van der Waals surface area contributed by atoms with E-state index in [9.17, 15) is 9.90 Å². The molecule has 0 heterocycles. The van der Waals surface area contributed by atoms with Crippen LogP contribution in [0.2, 0.25) is 18.1 Å². The molecule has 0 aromatic heterocycles. The smallest absolute Gasteiger partial charge is 0.305 e. The fraction of sp³-hybridized carbons (Fsp3) is 0.821. The molecule has 0 amide bonds. The van der Waals surface area contributed by atoms with Gasteiger partial charge in [0.15, 0.2) is 8.32 Å². The van der Waals surface area contributed by atoms with Crippen LogP contribution in [0.4, 0.5) is 0 Å². The second-order valence-corrected chi connectivity index (χ2v) is 16.2. The van der Waals surface area contributed by atoms with Gasteiger partial charge in [-0.25, -0.2) is 0 Å². The molecule has 0 aromatic carbocycles. The summed E-state index contributed by atoms with van der Waals surface area (Å²) in [6, 6.07) is 0. The van der Waals surface area contributed by atoms with Gasteiger partial charge in [-0.1, -0.05) is 90.5 Å². The van der Waals surface area contributed by atoms with Crippen molar-refractivity contribution < 1.29 is 19.1 Å². The van der Waals surface area contributed by atoms with Gasteiger partial charge in [-0.3, -0.25) is 4.79 Å². The van der Waals surface area contributed by atoms with Crippen LogP contribution in [0.15, 0.2) is 24.3 Å². The third-order valence-corrected chi connectivity index (χ3v) is 12.2. The average Bonchev–Trinajstić information content (AvgIpc) is 3.01. The van der Waals surface area contributed by atoms with E-state index in [-0.39, 0.29) is 29.1 Å². The van der Waals surface area contributed by atoms with Gasteiger partial charge in [-0.05, 0) is 49.7 Å². The fourth-order valence-corrected chi connectivity index (χ4v) is 5.80. The highest BCUT2D eigenvalue weighted by Crippen LogP contribution is 2.46. The lowest BCUT2D eigenvalue weighted by Crippen LogP contribution is -2.45. The summed E-state index contributed by atoms with van der Waals surface area (Å²) in [5, 5.41) is 10.7. The van der Waals surface area contributed by atoms with Crippen LogP contribution in [0.3, 0.4) is 0 Å². The molecule has 1 aliphatic rings. The second-order valence-electron chi connectivity index (χ2n) is 11.4. The molecule has 1 aliphatic carbocycles. The predicted octanol–water partition coefficient (Wildman–Crippen LogP) is 7.58. The van der Waals surface area contributed by atoms with Crippen molar-refractivity contribution in [3.8, 4) is 0 Å². The van der Waals surface area contributed by atoms with E-state index in [0.29, 0.717) is 12.3 Å². The molecule has 0 spiro atoms. The Morgan fingerprint density at radius 3 is 2.45 bits per heavy atom. The highest BCUT2D eigenvalue weighted by Gasteiger charge is 2.44. The maximum absolute atomic E-state index is 11.3. The highest BCUT2D eigenvalue weighted by atomic mass is 28.4. The summed E-state index contributed by atoms with van der Waals surface area (Å²) in [5.74, 6) is 0.564. The first-order chi connectivity index (χ1) is 15.4. The van der Waals surface area contributed by atoms with Crippen LogP contribution in [0.1, 0.15) is 98.3 Å². The molecule has 1 N–H and O–H groups in total. The molecule has 0 aliphatic heterocycles. The summed E-state index contributed by atoms with van der Waals surface area (Å²) in [5.41, 5.74) is 1.29. The van der Waals surface area contributed by atoms with Crippen LogP contribution in [0, 0.1) is 11.8 Å². The monoisotopic (exact) mass is 480 g/mol. The van der Waals surface area contributed by atoms with Gasteiger partial charge in [0.25, 0.3) is 0 Å². The van der Waals surface area contributed by atoms with Crippen molar-refractivity contribution in [3.05, 3.63) is 24.3 Å². The predicted molar refractivity (Wildman–Crippen MR) is 142 cm³/mol. The molecule has 192 valence electrons. The molecule has 2 unspecified atom stereocenters. The van der Waals surface area contributed by atoms with Crippen molar-refractivity contribution >= 4 is 14.3 Å². The Bertz CT molecular complexity index is 620. The minimum absolute atomic E-state index is 0.118. The SMILES string of the molecule is C=C1CC(O[Si](C)(C)C(C)(C)C)[C@H](/C=C/[C@@H](O)CCCCC)C1CCCCCCC(=O)OC. The molecule has 1 fully saturated rings. The standard InChI is InChI=1S/C28H52O4Si/c1-9-10-13-16-23(29)19-20-25-24(17-14-11-12-15-18-27(30)31-6)22(2)21-26(25)32-33(7,8)28(3,4)5/h19-20,23-26,29H,2,9-18,21H2,1,3-8H3/b20-19+/t23-,24?,25+,26?/m0/s1. The summed E-state index contributed by atoms with van der Waals surface area (Å²) in [4.78, 5) is 11.3. The molecule has 0 saturated heterocycles. The summed E-state index contributed by atoms with van der Waals surface area (Å²) in [6.45, 7) is 18.1. The summed E-state index contributed by atoms with van der Waals surface area (Å²) >= 11 is 0. The maximum Gasteiger partial charge on any atom is 0.305 e. The number of hydrogen-bond acceptors (Lipinski definition) is 4. The first-order valence-corrected chi connectivity index (χ1v) is 16.1.